The standard InChI is InChI=1S/C13H12O2.2C5H9NO2/c14-12-5-1-10(2-6-12)9-11-3-7-13(15)8-4-11;2*7-5(8)1-2-6-3-4-6/h1-8,14-15H,9H2;2*1-4H2,(H,7,8). The molecule has 0 spiro atoms. The number of phenols is 2. The average Bonchev–Trinajstić information content (AvgIpc) is 3.64. The Labute approximate surface area is 182 Å². The van der Waals surface area contributed by atoms with Crippen molar-refractivity contribution in [3.05, 3.63) is 59.7 Å². The van der Waals surface area contributed by atoms with E-state index >= 15 is 0 Å². The van der Waals surface area contributed by atoms with Gasteiger partial charge in [-0.15, -0.1) is 0 Å². The van der Waals surface area contributed by atoms with E-state index in [9.17, 15) is 9.59 Å². The van der Waals surface area contributed by atoms with Crippen molar-refractivity contribution < 1.29 is 30.0 Å². The lowest BCUT2D eigenvalue weighted by atomic mass is 10.1. The van der Waals surface area contributed by atoms with Crippen molar-refractivity contribution in [2.24, 2.45) is 0 Å². The molecule has 2 aromatic carbocycles. The molecule has 2 aromatic rings. The molecule has 0 radical (unpaired) electrons. The largest absolute Gasteiger partial charge is 0.508 e. The second kappa shape index (κ2) is 12.6. The maximum atomic E-state index is 9.90. The smallest absolute Gasteiger partial charge is 0.304 e. The molecule has 8 heteroatoms. The molecule has 2 fully saturated rings. The summed E-state index contributed by atoms with van der Waals surface area (Å²) in [5.74, 6) is -0.831. The molecular formula is C23H30N2O6. The first kappa shape index (κ1) is 24.2. The van der Waals surface area contributed by atoms with E-state index in [0.29, 0.717) is 12.8 Å². The summed E-state index contributed by atoms with van der Waals surface area (Å²) in [5.41, 5.74) is 2.27. The van der Waals surface area contributed by atoms with Crippen LogP contribution in [0, 0.1) is 0 Å². The van der Waals surface area contributed by atoms with Gasteiger partial charge in [-0.1, -0.05) is 24.3 Å². The molecule has 4 N–H and O–H groups in total. The van der Waals surface area contributed by atoms with E-state index in [1.165, 1.54) is 0 Å². The van der Waals surface area contributed by atoms with Crippen LogP contribution in [0.4, 0.5) is 0 Å². The minimum Gasteiger partial charge on any atom is -0.508 e. The highest BCUT2D eigenvalue weighted by molar-refractivity contribution is 5.67. The van der Waals surface area contributed by atoms with Crippen molar-refractivity contribution in [1.29, 1.82) is 0 Å². The minimum atomic E-state index is -0.697. The molecule has 0 unspecified atom stereocenters. The van der Waals surface area contributed by atoms with Crippen molar-refractivity contribution in [3.63, 3.8) is 0 Å². The number of nitrogens with zero attached hydrogens (tertiary/aromatic N) is 2. The third-order valence-corrected chi connectivity index (χ3v) is 4.64. The fourth-order valence-corrected chi connectivity index (χ4v) is 2.56. The van der Waals surface area contributed by atoms with Crippen LogP contribution in [0.2, 0.25) is 0 Å². The zero-order valence-corrected chi connectivity index (χ0v) is 17.5. The third kappa shape index (κ3) is 12.2. The molecule has 31 heavy (non-hydrogen) atoms. The summed E-state index contributed by atoms with van der Waals surface area (Å²) in [6, 6.07) is 14.3. The molecule has 0 bridgehead atoms. The van der Waals surface area contributed by atoms with Gasteiger partial charge in [0, 0.05) is 39.3 Å². The van der Waals surface area contributed by atoms with Crippen LogP contribution < -0.4 is 0 Å². The van der Waals surface area contributed by atoms with Crippen molar-refractivity contribution in [1.82, 2.24) is 9.80 Å². The molecule has 0 amide bonds. The summed E-state index contributed by atoms with van der Waals surface area (Å²) in [6.07, 6.45) is 1.39. The average molecular weight is 431 g/mol. The molecule has 8 nitrogen and oxygen atoms in total. The molecule has 2 heterocycles. The molecule has 0 aliphatic carbocycles. The van der Waals surface area contributed by atoms with E-state index < -0.39 is 11.9 Å². The van der Waals surface area contributed by atoms with Crippen molar-refractivity contribution in [3.8, 4) is 11.5 Å². The van der Waals surface area contributed by atoms with E-state index in [4.69, 9.17) is 20.4 Å². The van der Waals surface area contributed by atoms with Gasteiger partial charge >= 0.3 is 11.9 Å². The second-order valence-electron chi connectivity index (χ2n) is 7.48. The second-order valence-corrected chi connectivity index (χ2v) is 7.48. The van der Waals surface area contributed by atoms with E-state index in [-0.39, 0.29) is 11.5 Å². The monoisotopic (exact) mass is 430 g/mol. The van der Waals surface area contributed by atoms with Gasteiger partial charge in [-0.3, -0.25) is 9.59 Å². The molecule has 2 aliphatic heterocycles. The number of aliphatic carboxylic acids is 2. The lowest BCUT2D eigenvalue weighted by Crippen LogP contribution is -2.05. The van der Waals surface area contributed by atoms with Crippen LogP contribution in [0.1, 0.15) is 24.0 Å². The normalized spacial score (nSPS) is 14.5. The molecular weight excluding hydrogens is 400 g/mol. The van der Waals surface area contributed by atoms with E-state index in [1.807, 2.05) is 24.3 Å². The highest BCUT2D eigenvalue weighted by atomic mass is 16.4. The number of phenolic OH excluding ortho intramolecular Hbond substituents is 2. The van der Waals surface area contributed by atoms with Crippen LogP contribution in [0.15, 0.2) is 48.5 Å². The SMILES string of the molecule is O=C(O)CCN1CC1.O=C(O)CCN1CC1.Oc1ccc(Cc2ccc(O)cc2)cc1. The maximum Gasteiger partial charge on any atom is 0.304 e. The summed E-state index contributed by atoms with van der Waals surface area (Å²) >= 11 is 0. The van der Waals surface area contributed by atoms with Gasteiger partial charge in [0.25, 0.3) is 0 Å². The van der Waals surface area contributed by atoms with Crippen LogP contribution in [0.25, 0.3) is 0 Å². The van der Waals surface area contributed by atoms with Gasteiger partial charge in [0.2, 0.25) is 0 Å². The molecule has 0 saturated carbocycles. The van der Waals surface area contributed by atoms with Gasteiger partial charge in [-0.05, 0) is 41.8 Å². The molecule has 0 aromatic heterocycles. The van der Waals surface area contributed by atoms with Crippen molar-refractivity contribution in [2.45, 2.75) is 19.3 Å². The lowest BCUT2D eigenvalue weighted by Gasteiger charge is -2.02. The van der Waals surface area contributed by atoms with Crippen molar-refractivity contribution in [2.75, 3.05) is 39.3 Å². The topological polar surface area (TPSA) is 121 Å². The lowest BCUT2D eigenvalue weighted by molar-refractivity contribution is -0.138. The summed E-state index contributed by atoms with van der Waals surface area (Å²) in [6.45, 7) is 5.83. The first-order valence-corrected chi connectivity index (χ1v) is 10.3. The predicted molar refractivity (Wildman–Crippen MR) is 116 cm³/mol. The Morgan fingerprint density at radius 1 is 0.645 bits per heavy atom. The zero-order chi connectivity index (χ0) is 22.6. The first-order chi connectivity index (χ1) is 14.8. The Morgan fingerprint density at radius 3 is 1.23 bits per heavy atom. The number of benzene rings is 2. The van der Waals surface area contributed by atoms with Crippen LogP contribution in [-0.4, -0.2) is 81.4 Å². The van der Waals surface area contributed by atoms with Gasteiger partial charge in [-0.25, -0.2) is 0 Å². The first-order valence-electron chi connectivity index (χ1n) is 10.3. The van der Waals surface area contributed by atoms with Gasteiger partial charge in [-0.2, -0.15) is 0 Å². The number of rotatable bonds is 8. The predicted octanol–water partition coefficient (Wildman–Crippen LogP) is 2.24. The van der Waals surface area contributed by atoms with E-state index in [1.54, 1.807) is 24.3 Å². The van der Waals surface area contributed by atoms with Gasteiger partial charge in [0.1, 0.15) is 11.5 Å². The molecule has 168 valence electrons. The van der Waals surface area contributed by atoms with Gasteiger partial charge < -0.3 is 30.2 Å². The van der Waals surface area contributed by atoms with Crippen LogP contribution in [0.5, 0.6) is 11.5 Å². The Balaban J connectivity index is 0.000000181. The number of aromatic hydroxyl groups is 2. The number of hydrogen-bond donors (Lipinski definition) is 4. The Hall–Kier alpha value is -3.10. The fraction of sp³-hybridized carbons (Fsp3) is 0.391. The Bertz CT molecular complexity index is 745. The summed E-state index contributed by atoms with van der Waals surface area (Å²) in [4.78, 5) is 24.0. The van der Waals surface area contributed by atoms with Crippen LogP contribution in [-0.2, 0) is 16.0 Å². The highest BCUT2D eigenvalue weighted by Crippen LogP contribution is 2.16. The summed E-state index contributed by atoms with van der Waals surface area (Å²) < 4.78 is 0. The number of carboxylic acids is 2. The number of carboxylic acid groups (broad SMARTS) is 2. The Kier molecular flexibility index (Phi) is 9.80. The molecule has 4 rings (SSSR count). The highest BCUT2D eigenvalue weighted by Gasteiger charge is 2.17. The minimum absolute atomic E-state index is 0.282. The third-order valence-electron chi connectivity index (χ3n) is 4.64. The van der Waals surface area contributed by atoms with E-state index in [2.05, 4.69) is 9.80 Å². The maximum absolute atomic E-state index is 9.90. The zero-order valence-electron chi connectivity index (χ0n) is 17.5. The van der Waals surface area contributed by atoms with E-state index in [0.717, 1.165) is 56.8 Å². The number of carbonyl (C=O) groups is 2. The van der Waals surface area contributed by atoms with Crippen molar-refractivity contribution >= 4 is 11.9 Å². The molecule has 2 aliphatic rings. The number of hydrogen-bond acceptors (Lipinski definition) is 6. The van der Waals surface area contributed by atoms with Crippen LogP contribution >= 0.6 is 0 Å². The Morgan fingerprint density at radius 2 is 0.968 bits per heavy atom. The van der Waals surface area contributed by atoms with Gasteiger partial charge in [0.05, 0.1) is 12.8 Å². The molecule has 0 atom stereocenters. The summed E-state index contributed by atoms with van der Waals surface area (Å²) in [7, 11) is 0. The fourth-order valence-electron chi connectivity index (χ4n) is 2.56. The van der Waals surface area contributed by atoms with Gasteiger partial charge in [0.15, 0.2) is 0 Å². The molecule has 2 saturated heterocycles. The van der Waals surface area contributed by atoms with Crippen LogP contribution in [0.3, 0.4) is 0 Å². The summed E-state index contributed by atoms with van der Waals surface area (Å²) in [5, 5.41) is 34.6. The quantitative estimate of drug-likeness (QED) is 0.471.